The molecule has 0 aliphatic carbocycles. The molecule has 0 spiro atoms. The monoisotopic (exact) mass is 408 g/mol. The SMILES string of the molecule is COc1cccc(-c2ccc3c(c2)O[C@H]2CN(CCC(C)(C)C)C[C@H]2N(C)C3=O)c1. The first-order valence-electron chi connectivity index (χ1n) is 10.7. The molecule has 0 radical (unpaired) electrons. The standard InChI is InChI=1S/C25H32N2O3/c1-25(2,3)11-12-27-15-21-23(16-27)30-22-14-18(9-10-20(22)24(28)26(21)4)17-7-6-8-19(13-17)29-5/h6-10,13-14,21,23H,11-12,15-16H2,1-5H3/t21-,23+/m1/s1. The van der Waals surface area contributed by atoms with E-state index >= 15 is 0 Å². The Balaban J connectivity index is 1.60. The number of rotatable bonds is 4. The quantitative estimate of drug-likeness (QED) is 0.756. The Morgan fingerprint density at radius 3 is 2.60 bits per heavy atom. The van der Waals surface area contributed by atoms with Crippen molar-refractivity contribution in [2.45, 2.75) is 39.3 Å². The van der Waals surface area contributed by atoms with Crippen LogP contribution in [0.4, 0.5) is 0 Å². The lowest BCUT2D eigenvalue weighted by atomic mass is 9.92. The van der Waals surface area contributed by atoms with Crippen LogP contribution in [-0.2, 0) is 0 Å². The molecule has 0 N–H and O–H groups in total. The summed E-state index contributed by atoms with van der Waals surface area (Å²) < 4.78 is 11.8. The fraction of sp³-hybridized carbons (Fsp3) is 0.480. The molecule has 1 amide bonds. The Bertz CT molecular complexity index is 934. The first kappa shape index (κ1) is 20.7. The summed E-state index contributed by atoms with van der Waals surface area (Å²) in [6.07, 6.45) is 1.11. The molecular formula is C25H32N2O3. The molecule has 2 aromatic rings. The van der Waals surface area contributed by atoms with Gasteiger partial charge >= 0.3 is 0 Å². The number of ether oxygens (including phenoxy) is 2. The minimum absolute atomic E-state index is 0.0132. The highest BCUT2D eigenvalue weighted by Gasteiger charge is 2.42. The number of methoxy groups -OCH3 is 1. The number of carbonyl (C=O) groups excluding carboxylic acids is 1. The molecule has 160 valence electrons. The van der Waals surface area contributed by atoms with E-state index in [1.54, 1.807) is 7.11 Å². The summed E-state index contributed by atoms with van der Waals surface area (Å²) in [6, 6.07) is 13.9. The molecule has 1 saturated heterocycles. The minimum atomic E-state index is -0.0132. The Labute approximate surface area is 179 Å². The first-order valence-corrected chi connectivity index (χ1v) is 10.7. The average molecular weight is 409 g/mol. The molecular weight excluding hydrogens is 376 g/mol. The third-order valence-electron chi connectivity index (χ3n) is 6.20. The molecule has 5 heteroatoms. The second-order valence-corrected chi connectivity index (χ2v) is 9.65. The normalized spacial score (nSPS) is 21.6. The number of likely N-dealkylation sites (tertiary alicyclic amines) is 1. The number of fused-ring (bicyclic) bond motifs is 2. The van der Waals surface area contributed by atoms with Crippen molar-refractivity contribution in [3.8, 4) is 22.6 Å². The van der Waals surface area contributed by atoms with Crippen molar-refractivity contribution in [2.75, 3.05) is 33.8 Å². The van der Waals surface area contributed by atoms with Crippen LogP contribution in [0.25, 0.3) is 11.1 Å². The van der Waals surface area contributed by atoms with Crippen molar-refractivity contribution in [1.29, 1.82) is 0 Å². The van der Waals surface area contributed by atoms with Gasteiger partial charge in [-0.3, -0.25) is 9.69 Å². The number of hydrogen-bond acceptors (Lipinski definition) is 4. The van der Waals surface area contributed by atoms with Crippen LogP contribution in [0.5, 0.6) is 11.5 Å². The molecule has 0 aromatic heterocycles. The van der Waals surface area contributed by atoms with Crippen LogP contribution < -0.4 is 9.47 Å². The molecule has 4 rings (SSSR count). The number of amides is 1. The summed E-state index contributed by atoms with van der Waals surface area (Å²) in [5.41, 5.74) is 3.00. The summed E-state index contributed by atoms with van der Waals surface area (Å²) in [7, 11) is 3.57. The van der Waals surface area contributed by atoms with Gasteiger partial charge in [0.15, 0.2) is 0 Å². The van der Waals surface area contributed by atoms with Gasteiger partial charge in [0.2, 0.25) is 0 Å². The van der Waals surface area contributed by atoms with Crippen LogP contribution in [0.2, 0.25) is 0 Å². The van der Waals surface area contributed by atoms with E-state index in [0.29, 0.717) is 16.7 Å². The highest BCUT2D eigenvalue weighted by molar-refractivity contribution is 5.98. The van der Waals surface area contributed by atoms with Crippen LogP contribution in [-0.4, -0.2) is 61.6 Å². The minimum Gasteiger partial charge on any atom is -0.497 e. The van der Waals surface area contributed by atoms with Gasteiger partial charge < -0.3 is 14.4 Å². The van der Waals surface area contributed by atoms with Crippen molar-refractivity contribution in [3.05, 3.63) is 48.0 Å². The van der Waals surface area contributed by atoms with Crippen LogP contribution in [0.15, 0.2) is 42.5 Å². The molecule has 2 aliphatic rings. The highest BCUT2D eigenvalue weighted by Crippen LogP contribution is 2.35. The van der Waals surface area contributed by atoms with Gasteiger partial charge in [0.25, 0.3) is 5.91 Å². The molecule has 30 heavy (non-hydrogen) atoms. The molecule has 0 bridgehead atoms. The second kappa shape index (κ2) is 7.95. The zero-order chi connectivity index (χ0) is 21.5. The van der Waals surface area contributed by atoms with E-state index in [1.165, 1.54) is 0 Å². The lowest BCUT2D eigenvalue weighted by Gasteiger charge is -2.26. The lowest BCUT2D eigenvalue weighted by Crippen LogP contribution is -2.44. The van der Waals surface area contributed by atoms with Crippen molar-refractivity contribution >= 4 is 5.91 Å². The van der Waals surface area contributed by atoms with E-state index < -0.39 is 0 Å². The maximum atomic E-state index is 13.2. The molecule has 5 nitrogen and oxygen atoms in total. The summed E-state index contributed by atoms with van der Waals surface area (Å²) in [5, 5.41) is 0. The molecule has 1 fully saturated rings. The molecule has 0 unspecified atom stereocenters. The van der Waals surface area contributed by atoms with Crippen molar-refractivity contribution in [2.24, 2.45) is 5.41 Å². The molecule has 2 aliphatic heterocycles. The number of nitrogens with zero attached hydrogens (tertiary/aromatic N) is 2. The second-order valence-electron chi connectivity index (χ2n) is 9.65. The van der Waals surface area contributed by atoms with Gasteiger partial charge in [-0.15, -0.1) is 0 Å². The Hall–Kier alpha value is -2.53. The zero-order valence-electron chi connectivity index (χ0n) is 18.6. The average Bonchev–Trinajstić information content (AvgIpc) is 3.09. The highest BCUT2D eigenvalue weighted by atomic mass is 16.5. The Morgan fingerprint density at radius 1 is 1.10 bits per heavy atom. The van der Waals surface area contributed by atoms with E-state index in [1.807, 2.05) is 54.4 Å². The lowest BCUT2D eigenvalue weighted by molar-refractivity contribution is 0.0682. The van der Waals surface area contributed by atoms with Gasteiger partial charge in [-0.1, -0.05) is 39.0 Å². The number of hydrogen-bond donors (Lipinski definition) is 0. The summed E-state index contributed by atoms with van der Waals surface area (Å²) in [4.78, 5) is 17.5. The summed E-state index contributed by atoms with van der Waals surface area (Å²) in [6.45, 7) is 9.54. The predicted octanol–water partition coefficient (Wildman–Crippen LogP) is 4.32. The maximum Gasteiger partial charge on any atom is 0.257 e. The van der Waals surface area contributed by atoms with Crippen molar-refractivity contribution < 1.29 is 14.3 Å². The van der Waals surface area contributed by atoms with Gasteiger partial charge in [-0.05, 0) is 53.8 Å². The number of benzene rings is 2. The number of carbonyl (C=O) groups is 1. The largest absolute Gasteiger partial charge is 0.497 e. The van der Waals surface area contributed by atoms with Gasteiger partial charge in [-0.25, -0.2) is 0 Å². The Kier molecular flexibility index (Phi) is 5.49. The summed E-state index contributed by atoms with van der Waals surface area (Å²) in [5.74, 6) is 1.52. The summed E-state index contributed by atoms with van der Waals surface area (Å²) >= 11 is 0. The fourth-order valence-electron chi connectivity index (χ4n) is 4.28. The van der Waals surface area contributed by atoms with E-state index in [2.05, 4.69) is 25.7 Å². The molecule has 0 saturated carbocycles. The van der Waals surface area contributed by atoms with Crippen LogP contribution in [0, 0.1) is 5.41 Å². The van der Waals surface area contributed by atoms with Gasteiger partial charge in [0, 0.05) is 20.1 Å². The smallest absolute Gasteiger partial charge is 0.257 e. The molecule has 2 heterocycles. The first-order chi connectivity index (χ1) is 14.2. The number of likely N-dealkylation sites (N-methyl/N-ethyl adjacent to an activating group) is 1. The maximum absolute atomic E-state index is 13.2. The fourth-order valence-corrected chi connectivity index (χ4v) is 4.28. The van der Waals surface area contributed by atoms with Crippen molar-refractivity contribution in [3.63, 3.8) is 0 Å². The van der Waals surface area contributed by atoms with Gasteiger partial charge in [0.05, 0.1) is 18.7 Å². The van der Waals surface area contributed by atoms with Gasteiger partial charge in [-0.2, -0.15) is 0 Å². The van der Waals surface area contributed by atoms with E-state index in [-0.39, 0.29) is 18.1 Å². The molecule has 2 aromatic carbocycles. The van der Waals surface area contributed by atoms with Crippen molar-refractivity contribution in [1.82, 2.24) is 9.80 Å². The van der Waals surface area contributed by atoms with E-state index in [9.17, 15) is 4.79 Å². The van der Waals surface area contributed by atoms with Crippen LogP contribution >= 0.6 is 0 Å². The zero-order valence-corrected chi connectivity index (χ0v) is 18.6. The van der Waals surface area contributed by atoms with E-state index in [4.69, 9.17) is 9.47 Å². The van der Waals surface area contributed by atoms with Gasteiger partial charge in [0.1, 0.15) is 17.6 Å². The van der Waals surface area contributed by atoms with Crippen LogP contribution in [0.1, 0.15) is 37.6 Å². The Morgan fingerprint density at radius 2 is 1.87 bits per heavy atom. The molecule has 2 atom stereocenters. The third kappa shape index (κ3) is 4.17. The topological polar surface area (TPSA) is 42.0 Å². The predicted molar refractivity (Wildman–Crippen MR) is 119 cm³/mol. The third-order valence-corrected chi connectivity index (χ3v) is 6.20. The van der Waals surface area contributed by atoms with Crippen LogP contribution in [0.3, 0.4) is 0 Å². The van der Waals surface area contributed by atoms with E-state index in [0.717, 1.165) is 42.9 Å².